The van der Waals surface area contributed by atoms with Gasteiger partial charge in [0.1, 0.15) is 0 Å². The number of fused-ring (bicyclic) bond motifs is 1. The van der Waals surface area contributed by atoms with Crippen molar-refractivity contribution in [3.63, 3.8) is 0 Å². The maximum atomic E-state index is 13.3. The van der Waals surface area contributed by atoms with Gasteiger partial charge in [-0.25, -0.2) is 4.90 Å². The number of hydrogen-bond donors (Lipinski definition) is 0. The van der Waals surface area contributed by atoms with Crippen molar-refractivity contribution in [3.05, 3.63) is 64.7 Å². The lowest BCUT2D eigenvalue weighted by Crippen LogP contribution is -2.45. The Morgan fingerprint density at radius 2 is 1.86 bits per heavy atom. The highest BCUT2D eigenvalue weighted by Gasteiger charge is 2.38. The van der Waals surface area contributed by atoms with E-state index in [1.54, 1.807) is 12.3 Å². The van der Waals surface area contributed by atoms with E-state index in [1.807, 2.05) is 64.1 Å². The lowest BCUT2D eigenvalue weighted by molar-refractivity contribution is -0.118. The van der Waals surface area contributed by atoms with Crippen LogP contribution in [-0.4, -0.2) is 37.3 Å². The van der Waals surface area contributed by atoms with Crippen LogP contribution in [0.3, 0.4) is 0 Å². The number of carbonyl (C=O) groups is 2. The van der Waals surface area contributed by atoms with Crippen molar-refractivity contribution in [2.45, 2.75) is 46.1 Å². The predicted molar refractivity (Wildman–Crippen MR) is 116 cm³/mol. The summed E-state index contributed by atoms with van der Waals surface area (Å²) < 4.78 is 5.53. The van der Waals surface area contributed by atoms with E-state index in [-0.39, 0.29) is 17.9 Å². The minimum absolute atomic E-state index is 0.198. The minimum atomic E-state index is -0.573. The van der Waals surface area contributed by atoms with Crippen molar-refractivity contribution >= 4 is 23.7 Å². The molecule has 2 aromatic rings. The molecule has 1 atom stereocenters. The van der Waals surface area contributed by atoms with E-state index in [4.69, 9.17) is 4.74 Å². The first-order chi connectivity index (χ1) is 13.9. The van der Waals surface area contributed by atoms with Gasteiger partial charge < -0.3 is 4.74 Å². The van der Waals surface area contributed by atoms with Gasteiger partial charge in [0, 0.05) is 24.9 Å². The summed E-state index contributed by atoms with van der Waals surface area (Å²) in [7, 11) is 0. The summed E-state index contributed by atoms with van der Waals surface area (Å²) in [6.45, 7) is 9.20. The van der Waals surface area contributed by atoms with Crippen LogP contribution in [0.1, 0.15) is 53.2 Å². The molecule has 0 saturated carbocycles. The number of rotatable bonds is 7. The normalized spacial score (nSPS) is 16.7. The van der Waals surface area contributed by atoms with Crippen LogP contribution in [0, 0.1) is 13.8 Å². The Kier molecular flexibility index (Phi) is 6.60. The maximum Gasteiger partial charge on any atom is 0.265 e. The van der Waals surface area contributed by atoms with Gasteiger partial charge in [0.05, 0.1) is 17.7 Å². The van der Waals surface area contributed by atoms with E-state index >= 15 is 0 Å². The number of hydrogen-bond acceptors (Lipinski definition) is 4. The predicted octanol–water partition coefficient (Wildman–Crippen LogP) is 4.46. The van der Waals surface area contributed by atoms with Crippen LogP contribution in [0.25, 0.3) is 0 Å². The first-order valence-corrected chi connectivity index (χ1v) is 10.1. The van der Waals surface area contributed by atoms with Crippen LogP contribution in [0.4, 0.5) is 5.69 Å². The summed E-state index contributed by atoms with van der Waals surface area (Å²) in [5.41, 5.74) is 4.01. The molecule has 5 nitrogen and oxygen atoms in total. The van der Waals surface area contributed by atoms with Crippen LogP contribution in [0.2, 0.25) is 0 Å². The van der Waals surface area contributed by atoms with Crippen molar-refractivity contribution in [2.75, 3.05) is 18.1 Å². The molecule has 0 saturated heterocycles. The van der Waals surface area contributed by atoms with Gasteiger partial charge in [0.2, 0.25) is 5.91 Å². The molecule has 29 heavy (non-hydrogen) atoms. The lowest BCUT2D eigenvalue weighted by atomic mass is 9.88. The number of carbonyl (C=O) groups excluding carboxylic acids is 2. The Balaban J connectivity index is 1.87. The molecule has 1 aliphatic heterocycles. The Morgan fingerprint density at radius 1 is 1.10 bits per heavy atom. The summed E-state index contributed by atoms with van der Waals surface area (Å²) in [6, 6.07) is 12.9. The topological polar surface area (TPSA) is 59.0 Å². The highest BCUT2D eigenvalue weighted by Crippen LogP contribution is 2.32. The van der Waals surface area contributed by atoms with Gasteiger partial charge in [0.15, 0.2) is 0 Å². The van der Waals surface area contributed by atoms with E-state index in [0.29, 0.717) is 30.0 Å². The number of anilines is 1. The summed E-state index contributed by atoms with van der Waals surface area (Å²) in [5.74, 6) is -1.13. The fourth-order valence-electron chi connectivity index (χ4n) is 3.36. The molecular formula is C24H28N2O3. The smallest absolute Gasteiger partial charge is 0.265 e. The van der Waals surface area contributed by atoms with Crippen molar-refractivity contribution < 1.29 is 14.3 Å². The van der Waals surface area contributed by atoms with Crippen LogP contribution < -0.4 is 4.90 Å². The second-order valence-electron chi connectivity index (χ2n) is 7.64. The van der Waals surface area contributed by atoms with Crippen molar-refractivity contribution in [1.29, 1.82) is 0 Å². The quantitative estimate of drug-likeness (QED) is 0.397. The number of amides is 2. The first kappa shape index (κ1) is 20.9. The number of aliphatic imine (C=N–C) groups is 1. The van der Waals surface area contributed by atoms with E-state index in [0.717, 1.165) is 17.5 Å². The third kappa shape index (κ3) is 4.62. The zero-order chi connectivity index (χ0) is 21.0. The van der Waals surface area contributed by atoms with Gasteiger partial charge in [-0.3, -0.25) is 14.6 Å². The molecule has 0 radical (unpaired) electrons. The third-order valence-electron chi connectivity index (χ3n) is 5.10. The summed E-state index contributed by atoms with van der Waals surface area (Å²) in [4.78, 5) is 32.1. The third-order valence-corrected chi connectivity index (χ3v) is 5.10. The van der Waals surface area contributed by atoms with Gasteiger partial charge >= 0.3 is 0 Å². The molecule has 3 rings (SSSR count). The molecule has 0 aromatic heterocycles. The second kappa shape index (κ2) is 9.14. The van der Waals surface area contributed by atoms with Crippen LogP contribution in [0.5, 0.6) is 0 Å². The average Bonchev–Trinajstić information content (AvgIpc) is 2.69. The number of benzene rings is 2. The zero-order valence-electron chi connectivity index (χ0n) is 17.5. The Hall–Kier alpha value is -2.79. The van der Waals surface area contributed by atoms with Gasteiger partial charge in [-0.05, 0) is 69.0 Å². The number of nitrogens with zero attached hydrogens (tertiary/aromatic N) is 2. The number of imide groups is 1. The molecule has 0 bridgehead atoms. The minimum Gasteiger partial charge on any atom is -0.379 e. The first-order valence-electron chi connectivity index (χ1n) is 10.1. The Labute approximate surface area is 172 Å². The molecule has 5 heteroatoms. The standard InChI is InChI=1S/C24H28N2O3/c1-16(2)29-13-7-12-25-15-22-20-8-5-6-9-21(20)23(27)26(24(22)28)19-11-10-17(3)18(4)14-19/h5-6,8-11,14-16,22H,7,12-13H2,1-4H3/t22-/m0/s1. The lowest BCUT2D eigenvalue weighted by Gasteiger charge is -2.31. The van der Waals surface area contributed by atoms with Gasteiger partial charge in [-0.15, -0.1) is 0 Å². The Morgan fingerprint density at radius 3 is 2.59 bits per heavy atom. The van der Waals surface area contributed by atoms with Gasteiger partial charge in [0.25, 0.3) is 5.91 Å². The SMILES string of the molecule is Cc1ccc(N2C(=O)c3ccccc3[C@H](C=NCCCOC(C)C)C2=O)cc1C. The Bertz CT molecular complexity index is 933. The molecule has 152 valence electrons. The summed E-state index contributed by atoms with van der Waals surface area (Å²) in [6.07, 6.45) is 2.66. The molecule has 2 amide bonds. The number of aryl methyl sites for hydroxylation is 2. The molecule has 0 N–H and O–H groups in total. The average molecular weight is 392 g/mol. The van der Waals surface area contributed by atoms with E-state index < -0.39 is 5.92 Å². The molecule has 0 unspecified atom stereocenters. The zero-order valence-corrected chi connectivity index (χ0v) is 17.5. The van der Waals surface area contributed by atoms with Gasteiger partial charge in [-0.1, -0.05) is 24.3 Å². The fraction of sp³-hybridized carbons (Fsp3) is 0.375. The van der Waals surface area contributed by atoms with Crippen LogP contribution >= 0.6 is 0 Å². The van der Waals surface area contributed by atoms with E-state index in [2.05, 4.69) is 4.99 Å². The summed E-state index contributed by atoms with van der Waals surface area (Å²) in [5, 5.41) is 0. The highest BCUT2D eigenvalue weighted by atomic mass is 16.5. The fourth-order valence-corrected chi connectivity index (χ4v) is 3.36. The summed E-state index contributed by atoms with van der Waals surface area (Å²) >= 11 is 0. The van der Waals surface area contributed by atoms with Crippen molar-refractivity contribution in [3.8, 4) is 0 Å². The molecule has 1 heterocycles. The van der Waals surface area contributed by atoms with Gasteiger partial charge in [-0.2, -0.15) is 0 Å². The largest absolute Gasteiger partial charge is 0.379 e. The molecule has 0 spiro atoms. The van der Waals surface area contributed by atoms with Crippen molar-refractivity contribution in [1.82, 2.24) is 0 Å². The van der Waals surface area contributed by atoms with Crippen LogP contribution in [0.15, 0.2) is 47.5 Å². The highest BCUT2D eigenvalue weighted by molar-refractivity contribution is 6.29. The molecular weight excluding hydrogens is 364 g/mol. The monoisotopic (exact) mass is 392 g/mol. The molecule has 0 aliphatic carbocycles. The second-order valence-corrected chi connectivity index (χ2v) is 7.64. The van der Waals surface area contributed by atoms with E-state index in [9.17, 15) is 9.59 Å². The maximum absolute atomic E-state index is 13.3. The molecule has 2 aromatic carbocycles. The number of ether oxygens (including phenoxy) is 1. The van der Waals surface area contributed by atoms with E-state index in [1.165, 1.54) is 4.90 Å². The van der Waals surface area contributed by atoms with Crippen molar-refractivity contribution in [2.24, 2.45) is 4.99 Å². The molecule has 0 fully saturated rings. The van der Waals surface area contributed by atoms with Crippen LogP contribution in [-0.2, 0) is 9.53 Å². The molecule has 1 aliphatic rings.